The van der Waals surface area contributed by atoms with E-state index in [9.17, 15) is 18.8 Å². The first-order valence-electron chi connectivity index (χ1n) is 10.8. The molecule has 1 saturated heterocycles. The third kappa shape index (κ3) is 5.63. The topological polar surface area (TPSA) is 91.4 Å². The van der Waals surface area contributed by atoms with E-state index < -0.39 is 5.92 Å². The van der Waals surface area contributed by atoms with E-state index in [0.29, 0.717) is 27.3 Å². The number of carbonyl (C=O) groups excluding carboxylic acids is 3. The van der Waals surface area contributed by atoms with E-state index in [4.69, 9.17) is 0 Å². The lowest BCUT2D eigenvalue weighted by molar-refractivity contribution is -0.122. The van der Waals surface area contributed by atoms with Crippen LogP contribution in [0, 0.1) is 11.7 Å². The number of hydrogen-bond donors (Lipinski definition) is 2. The largest absolute Gasteiger partial charge is 0.356 e. The fourth-order valence-electron chi connectivity index (χ4n) is 3.58. The Morgan fingerprint density at radius 1 is 1.18 bits per heavy atom. The Balaban J connectivity index is 1.50. The Labute approximate surface area is 204 Å². The van der Waals surface area contributed by atoms with Crippen LogP contribution in [0.2, 0.25) is 0 Å². The SMILES string of the molecule is CCNC(=O)CSc1nc(-c2ccccc2)c(NC(=O)C2CC(=O)N(c3ccc(F)cc3)C2)s1. The maximum absolute atomic E-state index is 13.2. The highest BCUT2D eigenvalue weighted by Crippen LogP contribution is 2.38. The summed E-state index contributed by atoms with van der Waals surface area (Å²) in [5.74, 6) is -1.25. The number of anilines is 2. The molecule has 4 rings (SSSR count). The molecule has 3 aromatic rings. The summed E-state index contributed by atoms with van der Waals surface area (Å²) < 4.78 is 13.9. The predicted molar refractivity (Wildman–Crippen MR) is 132 cm³/mol. The van der Waals surface area contributed by atoms with E-state index in [1.807, 2.05) is 37.3 Å². The van der Waals surface area contributed by atoms with Crippen molar-refractivity contribution >= 4 is 51.5 Å². The van der Waals surface area contributed by atoms with Gasteiger partial charge < -0.3 is 15.5 Å². The van der Waals surface area contributed by atoms with Gasteiger partial charge in [-0.1, -0.05) is 53.4 Å². The molecule has 1 aliphatic rings. The van der Waals surface area contributed by atoms with E-state index in [0.717, 1.165) is 5.56 Å². The van der Waals surface area contributed by atoms with E-state index in [-0.39, 0.29) is 42.3 Å². The number of thioether (sulfide) groups is 1. The van der Waals surface area contributed by atoms with Crippen molar-refractivity contribution in [3.8, 4) is 11.3 Å². The van der Waals surface area contributed by atoms with Crippen LogP contribution >= 0.6 is 23.1 Å². The first-order valence-corrected chi connectivity index (χ1v) is 12.6. The van der Waals surface area contributed by atoms with Crippen LogP contribution in [0.4, 0.5) is 15.1 Å². The zero-order valence-corrected chi connectivity index (χ0v) is 20.0. The Morgan fingerprint density at radius 3 is 2.62 bits per heavy atom. The molecule has 2 heterocycles. The number of hydrogen-bond acceptors (Lipinski definition) is 6. The molecule has 0 spiro atoms. The number of thiazole rings is 1. The Hall–Kier alpha value is -3.24. The van der Waals surface area contributed by atoms with Crippen LogP contribution in [0.15, 0.2) is 58.9 Å². The molecule has 1 aliphatic heterocycles. The highest BCUT2D eigenvalue weighted by atomic mass is 32.2. The zero-order chi connectivity index (χ0) is 24.1. The van der Waals surface area contributed by atoms with Gasteiger partial charge in [0.05, 0.1) is 11.7 Å². The summed E-state index contributed by atoms with van der Waals surface area (Å²) in [5.41, 5.74) is 2.03. The normalized spacial score (nSPS) is 15.4. The maximum Gasteiger partial charge on any atom is 0.230 e. The highest BCUT2D eigenvalue weighted by Gasteiger charge is 2.35. The van der Waals surface area contributed by atoms with Crippen molar-refractivity contribution in [2.24, 2.45) is 5.92 Å². The second-order valence-corrected chi connectivity index (χ2v) is 9.86. The summed E-state index contributed by atoms with van der Waals surface area (Å²) in [7, 11) is 0. The molecule has 1 fully saturated rings. The number of benzene rings is 2. The molecule has 0 radical (unpaired) electrons. The Bertz CT molecular complexity index is 1180. The molecular weight excluding hydrogens is 475 g/mol. The van der Waals surface area contributed by atoms with E-state index >= 15 is 0 Å². The van der Waals surface area contributed by atoms with Crippen molar-refractivity contribution in [3.05, 3.63) is 60.4 Å². The first kappa shape index (κ1) is 23.9. The number of amides is 3. The van der Waals surface area contributed by atoms with Gasteiger partial charge in [-0.15, -0.1) is 0 Å². The standard InChI is InChI=1S/C24H23FN4O3S2/c1-2-26-19(30)14-33-24-27-21(15-6-4-3-5-7-15)23(34-24)28-22(32)16-12-20(31)29(13-16)18-10-8-17(25)9-11-18/h3-11,16H,2,12-14H2,1H3,(H,26,30)(H,28,32). The average molecular weight is 499 g/mol. The third-order valence-electron chi connectivity index (χ3n) is 5.23. The summed E-state index contributed by atoms with van der Waals surface area (Å²) in [5, 5.41) is 6.27. The van der Waals surface area contributed by atoms with Gasteiger partial charge in [0.1, 0.15) is 16.5 Å². The van der Waals surface area contributed by atoms with Gasteiger partial charge in [0.15, 0.2) is 4.34 Å². The fraction of sp³-hybridized carbons (Fsp3) is 0.250. The van der Waals surface area contributed by atoms with Crippen molar-refractivity contribution in [2.75, 3.05) is 29.1 Å². The average Bonchev–Trinajstić information content (AvgIpc) is 3.42. The smallest absolute Gasteiger partial charge is 0.230 e. The minimum atomic E-state index is -0.547. The fourth-order valence-corrected chi connectivity index (χ4v) is 5.48. The summed E-state index contributed by atoms with van der Waals surface area (Å²) >= 11 is 2.61. The van der Waals surface area contributed by atoms with Gasteiger partial charge in [-0.3, -0.25) is 14.4 Å². The van der Waals surface area contributed by atoms with Crippen LogP contribution in [0.3, 0.4) is 0 Å². The van der Waals surface area contributed by atoms with Crippen LogP contribution in [0.1, 0.15) is 13.3 Å². The second-order valence-electron chi connectivity index (χ2n) is 7.64. The molecule has 2 aromatic carbocycles. The van der Waals surface area contributed by atoms with Gasteiger partial charge in [-0.05, 0) is 31.2 Å². The molecular formula is C24H23FN4O3S2. The number of halogens is 1. The molecule has 7 nitrogen and oxygen atoms in total. The first-order chi connectivity index (χ1) is 16.4. The van der Waals surface area contributed by atoms with Crippen molar-refractivity contribution < 1.29 is 18.8 Å². The molecule has 1 atom stereocenters. The molecule has 176 valence electrons. The molecule has 0 bridgehead atoms. The van der Waals surface area contributed by atoms with Crippen molar-refractivity contribution in [1.29, 1.82) is 0 Å². The van der Waals surface area contributed by atoms with Crippen LogP contribution in [-0.4, -0.2) is 41.5 Å². The summed E-state index contributed by atoms with van der Waals surface area (Å²) in [6, 6.07) is 15.1. The van der Waals surface area contributed by atoms with Crippen LogP contribution in [-0.2, 0) is 14.4 Å². The van der Waals surface area contributed by atoms with Crippen LogP contribution in [0.5, 0.6) is 0 Å². The van der Waals surface area contributed by atoms with E-state index in [2.05, 4.69) is 15.6 Å². The Morgan fingerprint density at radius 2 is 1.91 bits per heavy atom. The number of nitrogens with zero attached hydrogens (tertiary/aromatic N) is 2. The van der Waals surface area contributed by atoms with Crippen molar-refractivity contribution in [3.63, 3.8) is 0 Å². The van der Waals surface area contributed by atoms with Gasteiger partial charge in [-0.2, -0.15) is 0 Å². The molecule has 1 unspecified atom stereocenters. The van der Waals surface area contributed by atoms with Gasteiger partial charge in [0.2, 0.25) is 17.7 Å². The molecule has 0 aliphatic carbocycles. The van der Waals surface area contributed by atoms with Gasteiger partial charge in [0, 0.05) is 30.8 Å². The van der Waals surface area contributed by atoms with E-state index in [1.165, 1.54) is 52.3 Å². The van der Waals surface area contributed by atoms with Crippen LogP contribution < -0.4 is 15.5 Å². The minimum absolute atomic E-state index is 0.0709. The van der Waals surface area contributed by atoms with Crippen molar-refractivity contribution in [1.82, 2.24) is 10.3 Å². The van der Waals surface area contributed by atoms with Gasteiger partial charge in [0.25, 0.3) is 0 Å². The third-order valence-corrected chi connectivity index (χ3v) is 7.34. The summed E-state index contributed by atoms with van der Waals surface area (Å²) in [6.45, 7) is 2.63. The molecule has 1 aromatic heterocycles. The molecule has 2 N–H and O–H groups in total. The number of aromatic nitrogens is 1. The molecule has 34 heavy (non-hydrogen) atoms. The lowest BCUT2D eigenvalue weighted by Gasteiger charge is -2.16. The summed E-state index contributed by atoms with van der Waals surface area (Å²) in [6.07, 6.45) is 0.0709. The molecule has 10 heteroatoms. The minimum Gasteiger partial charge on any atom is -0.356 e. The van der Waals surface area contributed by atoms with Gasteiger partial charge in [-0.25, -0.2) is 9.37 Å². The monoisotopic (exact) mass is 498 g/mol. The zero-order valence-electron chi connectivity index (χ0n) is 18.4. The highest BCUT2D eigenvalue weighted by molar-refractivity contribution is 8.01. The lowest BCUT2D eigenvalue weighted by atomic mass is 10.1. The van der Waals surface area contributed by atoms with Crippen molar-refractivity contribution in [2.45, 2.75) is 17.7 Å². The Kier molecular flexibility index (Phi) is 7.59. The molecule has 0 saturated carbocycles. The van der Waals surface area contributed by atoms with E-state index in [1.54, 1.807) is 0 Å². The van der Waals surface area contributed by atoms with Crippen LogP contribution in [0.25, 0.3) is 11.3 Å². The number of nitrogens with one attached hydrogen (secondary N) is 2. The van der Waals surface area contributed by atoms with Gasteiger partial charge >= 0.3 is 0 Å². The molecule has 3 amide bonds. The maximum atomic E-state index is 13.2. The lowest BCUT2D eigenvalue weighted by Crippen LogP contribution is -2.28. The summed E-state index contributed by atoms with van der Waals surface area (Å²) in [4.78, 5) is 43.6. The number of rotatable bonds is 8. The second kappa shape index (κ2) is 10.8. The predicted octanol–water partition coefficient (Wildman–Crippen LogP) is 4.17. The quantitative estimate of drug-likeness (QED) is 0.455. The number of carbonyl (C=O) groups is 3.